The van der Waals surface area contributed by atoms with Crippen molar-refractivity contribution in [2.45, 2.75) is 34.1 Å². The first kappa shape index (κ1) is 21.3. The molecular formula is C26H25N3O3. The van der Waals surface area contributed by atoms with Crippen molar-refractivity contribution in [3.05, 3.63) is 88.2 Å². The molecule has 2 aromatic carbocycles. The lowest BCUT2D eigenvalue weighted by Crippen LogP contribution is -2.54. The maximum Gasteiger partial charge on any atom is 0.335 e. The van der Waals surface area contributed by atoms with Crippen LogP contribution in [0.3, 0.4) is 0 Å². The van der Waals surface area contributed by atoms with E-state index < -0.39 is 17.8 Å². The van der Waals surface area contributed by atoms with Crippen LogP contribution in [0.15, 0.2) is 60.2 Å². The Morgan fingerprint density at radius 1 is 0.938 bits per heavy atom. The van der Waals surface area contributed by atoms with Gasteiger partial charge >= 0.3 is 6.03 Å². The number of hydrogen-bond donors (Lipinski definition) is 1. The molecule has 6 heteroatoms. The van der Waals surface area contributed by atoms with Gasteiger partial charge in [-0.15, -0.1) is 0 Å². The predicted molar refractivity (Wildman–Crippen MR) is 125 cm³/mol. The van der Waals surface area contributed by atoms with Gasteiger partial charge in [0.25, 0.3) is 11.8 Å². The normalized spacial score (nSPS) is 15.4. The standard InChI is InChI=1S/C26H25N3O3/c1-5-19-10-6-7-12-23(19)28-17(3)14-20(18(28)4)15-22-24(30)27-26(32)29(25(22)31)21-11-8-9-16(2)13-21/h6-15H,5H2,1-4H3,(H,27,30,32)/b22-15+. The molecule has 0 saturated carbocycles. The number of hydrogen-bond acceptors (Lipinski definition) is 3. The van der Waals surface area contributed by atoms with Gasteiger partial charge in [-0.25, -0.2) is 9.69 Å². The average molecular weight is 428 g/mol. The summed E-state index contributed by atoms with van der Waals surface area (Å²) in [6.45, 7) is 7.94. The van der Waals surface area contributed by atoms with Crippen LogP contribution in [-0.4, -0.2) is 22.4 Å². The smallest absolute Gasteiger partial charge is 0.318 e. The van der Waals surface area contributed by atoms with E-state index in [-0.39, 0.29) is 5.57 Å². The minimum absolute atomic E-state index is 0.0740. The molecule has 1 N–H and O–H groups in total. The predicted octanol–water partition coefficient (Wildman–Crippen LogP) is 4.63. The van der Waals surface area contributed by atoms with Gasteiger partial charge in [-0.05, 0) is 74.2 Å². The van der Waals surface area contributed by atoms with Crippen LogP contribution in [0.1, 0.15) is 35.0 Å². The Morgan fingerprint density at radius 2 is 1.69 bits per heavy atom. The topological polar surface area (TPSA) is 71.4 Å². The highest BCUT2D eigenvalue weighted by molar-refractivity contribution is 6.39. The summed E-state index contributed by atoms with van der Waals surface area (Å²) in [7, 11) is 0. The number of para-hydroxylation sites is 1. The number of nitrogens with one attached hydrogen (secondary N) is 1. The molecule has 1 fully saturated rings. The molecule has 3 aromatic rings. The molecular weight excluding hydrogens is 402 g/mol. The van der Waals surface area contributed by atoms with Crippen LogP contribution in [0.5, 0.6) is 0 Å². The summed E-state index contributed by atoms with van der Waals surface area (Å²) >= 11 is 0. The molecule has 0 radical (unpaired) electrons. The van der Waals surface area contributed by atoms with Gasteiger partial charge in [0.1, 0.15) is 5.57 Å². The molecule has 0 bridgehead atoms. The zero-order valence-electron chi connectivity index (χ0n) is 18.6. The highest BCUT2D eigenvalue weighted by Crippen LogP contribution is 2.27. The molecule has 4 amide bonds. The van der Waals surface area contributed by atoms with Gasteiger partial charge in [0.2, 0.25) is 0 Å². The number of anilines is 1. The van der Waals surface area contributed by atoms with E-state index in [2.05, 4.69) is 28.9 Å². The van der Waals surface area contributed by atoms with E-state index in [1.165, 1.54) is 5.56 Å². The lowest BCUT2D eigenvalue weighted by atomic mass is 10.1. The molecule has 1 aliphatic rings. The molecule has 0 atom stereocenters. The van der Waals surface area contributed by atoms with Crippen molar-refractivity contribution < 1.29 is 14.4 Å². The summed E-state index contributed by atoms with van der Waals surface area (Å²) in [5, 5.41) is 2.29. The van der Waals surface area contributed by atoms with Crippen molar-refractivity contribution in [3.8, 4) is 5.69 Å². The first-order chi connectivity index (χ1) is 15.3. The number of imide groups is 2. The molecule has 4 rings (SSSR count). The summed E-state index contributed by atoms with van der Waals surface area (Å²) in [5.41, 5.74) is 6.19. The first-order valence-electron chi connectivity index (χ1n) is 10.6. The molecule has 0 unspecified atom stereocenters. The van der Waals surface area contributed by atoms with Crippen LogP contribution < -0.4 is 10.2 Å². The second-order valence-electron chi connectivity index (χ2n) is 7.94. The number of urea groups is 1. The Labute approximate surface area is 187 Å². The fourth-order valence-electron chi connectivity index (χ4n) is 4.15. The number of carbonyl (C=O) groups is 3. The third-order valence-corrected chi connectivity index (χ3v) is 5.75. The molecule has 0 aliphatic carbocycles. The zero-order chi connectivity index (χ0) is 23.0. The Morgan fingerprint density at radius 3 is 2.41 bits per heavy atom. The fourth-order valence-corrected chi connectivity index (χ4v) is 4.15. The number of aromatic nitrogens is 1. The monoisotopic (exact) mass is 427 g/mol. The van der Waals surface area contributed by atoms with Gasteiger partial charge in [-0.3, -0.25) is 14.9 Å². The Balaban J connectivity index is 1.79. The lowest BCUT2D eigenvalue weighted by molar-refractivity contribution is -0.122. The number of carbonyl (C=O) groups excluding carboxylic acids is 3. The van der Waals surface area contributed by atoms with Gasteiger partial charge in [-0.2, -0.15) is 0 Å². The van der Waals surface area contributed by atoms with E-state index in [0.717, 1.165) is 39.5 Å². The molecule has 1 aliphatic heterocycles. The molecule has 1 saturated heterocycles. The van der Waals surface area contributed by atoms with Crippen LogP contribution >= 0.6 is 0 Å². The second-order valence-corrected chi connectivity index (χ2v) is 7.94. The van der Waals surface area contributed by atoms with Crippen LogP contribution in [-0.2, 0) is 16.0 Å². The van der Waals surface area contributed by atoms with Gasteiger partial charge in [-0.1, -0.05) is 37.3 Å². The van der Waals surface area contributed by atoms with E-state index in [9.17, 15) is 14.4 Å². The summed E-state index contributed by atoms with van der Waals surface area (Å²) in [4.78, 5) is 39.2. The molecule has 6 nitrogen and oxygen atoms in total. The van der Waals surface area contributed by atoms with Crippen LogP contribution in [0.2, 0.25) is 0 Å². The second kappa shape index (κ2) is 8.30. The molecule has 1 aromatic heterocycles. The van der Waals surface area contributed by atoms with Crippen molar-refractivity contribution in [1.29, 1.82) is 0 Å². The van der Waals surface area contributed by atoms with E-state index in [1.54, 1.807) is 24.3 Å². The Bertz CT molecular complexity index is 1280. The van der Waals surface area contributed by atoms with Crippen molar-refractivity contribution in [3.63, 3.8) is 0 Å². The zero-order valence-corrected chi connectivity index (χ0v) is 18.6. The van der Waals surface area contributed by atoms with Gasteiger partial charge < -0.3 is 4.57 Å². The highest BCUT2D eigenvalue weighted by atomic mass is 16.2. The first-order valence-corrected chi connectivity index (χ1v) is 10.6. The Kier molecular flexibility index (Phi) is 5.53. The van der Waals surface area contributed by atoms with Gasteiger partial charge in [0, 0.05) is 17.1 Å². The summed E-state index contributed by atoms with van der Waals surface area (Å²) in [6, 6.07) is 16.4. The number of nitrogens with zero attached hydrogens (tertiary/aromatic N) is 2. The third kappa shape index (κ3) is 3.64. The van der Waals surface area contributed by atoms with E-state index in [0.29, 0.717) is 5.69 Å². The number of barbiturate groups is 1. The highest BCUT2D eigenvalue weighted by Gasteiger charge is 2.37. The lowest BCUT2D eigenvalue weighted by Gasteiger charge is -2.26. The number of rotatable bonds is 4. The van der Waals surface area contributed by atoms with E-state index in [4.69, 9.17) is 0 Å². The third-order valence-electron chi connectivity index (χ3n) is 5.75. The summed E-state index contributed by atoms with van der Waals surface area (Å²) in [6.07, 6.45) is 2.46. The van der Waals surface area contributed by atoms with E-state index >= 15 is 0 Å². The van der Waals surface area contributed by atoms with Crippen molar-refractivity contribution >= 4 is 29.6 Å². The van der Waals surface area contributed by atoms with Gasteiger partial charge in [0.05, 0.1) is 5.69 Å². The number of benzene rings is 2. The average Bonchev–Trinajstić information content (AvgIpc) is 3.03. The quantitative estimate of drug-likeness (QED) is 0.487. The van der Waals surface area contributed by atoms with Crippen molar-refractivity contribution in [1.82, 2.24) is 9.88 Å². The molecule has 162 valence electrons. The maximum absolute atomic E-state index is 13.2. The number of amides is 4. The van der Waals surface area contributed by atoms with E-state index in [1.807, 2.05) is 45.0 Å². The minimum atomic E-state index is -0.745. The fraction of sp³-hybridized carbons (Fsp3) is 0.192. The van der Waals surface area contributed by atoms with Crippen LogP contribution in [0.25, 0.3) is 11.8 Å². The van der Waals surface area contributed by atoms with Crippen LogP contribution in [0, 0.1) is 20.8 Å². The minimum Gasteiger partial charge on any atom is -0.318 e. The molecule has 0 spiro atoms. The number of aryl methyl sites for hydroxylation is 3. The molecule has 2 heterocycles. The maximum atomic E-state index is 13.2. The van der Waals surface area contributed by atoms with Crippen LogP contribution in [0.4, 0.5) is 10.5 Å². The summed E-state index contributed by atoms with van der Waals surface area (Å²) in [5.74, 6) is -1.33. The SMILES string of the molecule is CCc1ccccc1-n1c(C)cc(/C=C2\C(=O)NC(=O)N(c3cccc(C)c3)C2=O)c1C. The Hall–Kier alpha value is -3.93. The van der Waals surface area contributed by atoms with Crippen molar-refractivity contribution in [2.24, 2.45) is 0 Å². The van der Waals surface area contributed by atoms with Gasteiger partial charge in [0.15, 0.2) is 0 Å². The summed E-state index contributed by atoms with van der Waals surface area (Å²) < 4.78 is 2.12. The molecule has 32 heavy (non-hydrogen) atoms. The van der Waals surface area contributed by atoms with Crippen molar-refractivity contribution in [2.75, 3.05) is 4.90 Å². The largest absolute Gasteiger partial charge is 0.335 e.